The van der Waals surface area contributed by atoms with E-state index >= 15 is 0 Å². The highest BCUT2D eigenvalue weighted by atomic mass is 35.5. The van der Waals surface area contributed by atoms with Gasteiger partial charge < -0.3 is 9.47 Å². The van der Waals surface area contributed by atoms with E-state index < -0.39 is 22.1 Å². The smallest absolute Gasteiger partial charge is 0.308 e. The van der Waals surface area contributed by atoms with Gasteiger partial charge in [0.2, 0.25) is 10.0 Å². The summed E-state index contributed by atoms with van der Waals surface area (Å²) in [4.78, 5) is 11.2. The van der Waals surface area contributed by atoms with Gasteiger partial charge in [-0.15, -0.1) is 11.6 Å². The van der Waals surface area contributed by atoms with Crippen molar-refractivity contribution < 1.29 is 22.7 Å². The van der Waals surface area contributed by atoms with Crippen LogP contribution in [0.1, 0.15) is 19.3 Å². The summed E-state index contributed by atoms with van der Waals surface area (Å²) in [6, 6.07) is 0. The van der Waals surface area contributed by atoms with Gasteiger partial charge >= 0.3 is 5.97 Å². The molecule has 0 radical (unpaired) electrons. The molecule has 1 fully saturated rings. The minimum absolute atomic E-state index is 0.0736. The molecule has 0 N–H and O–H groups in total. The van der Waals surface area contributed by atoms with Crippen LogP contribution in [0.3, 0.4) is 0 Å². The summed E-state index contributed by atoms with van der Waals surface area (Å²) in [5.41, 5.74) is 0. The first-order valence-electron chi connectivity index (χ1n) is 6.22. The number of methoxy groups -OCH3 is 1. The molecule has 0 bridgehead atoms. The minimum Gasteiger partial charge on any atom is -0.469 e. The normalized spacial score (nSPS) is 21.3. The lowest BCUT2D eigenvalue weighted by atomic mass is 10.2. The van der Waals surface area contributed by atoms with Crippen molar-refractivity contribution in [2.24, 2.45) is 0 Å². The number of carbonyl (C=O) groups is 1. The van der Waals surface area contributed by atoms with E-state index in [4.69, 9.17) is 16.3 Å². The van der Waals surface area contributed by atoms with Crippen molar-refractivity contribution in [3.05, 3.63) is 0 Å². The molecule has 1 aliphatic heterocycles. The number of sulfonamides is 1. The number of ether oxygens (including phenoxy) is 2. The van der Waals surface area contributed by atoms with Crippen molar-refractivity contribution in [1.82, 2.24) is 4.31 Å². The highest BCUT2D eigenvalue weighted by Gasteiger charge is 2.30. The van der Waals surface area contributed by atoms with Gasteiger partial charge in [-0.05, 0) is 12.8 Å². The van der Waals surface area contributed by atoms with Crippen molar-refractivity contribution in [3.8, 4) is 0 Å². The molecule has 6 nitrogen and oxygen atoms in total. The molecule has 1 aliphatic rings. The molecule has 0 aromatic heterocycles. The average molecular weight is 314 g/mol. The quantitative estimate of drug-likeness (QED) is 0.391. The van der Waals surface area contributed by atoms with Crippen LogP contribution in [0.4, 0.5) is 0 Å². The molecule has 1 rings (SSSR count). The Hall–Kier alpha value is -0.370. The number of carbonyl (C=O) groups excluding carboxylic acids is 1. The topological polar surface area (TPSA) is 72.9 Å². The largest absolute Gasteiger partial charge is 0.469 e. The number of esters is 1. The van der Waals surface area contributed by atoms with Gasteiger partial charge in [-0.2, -0.15) is 4.31 Å². The maximum absolute atomic E-state index is 12.1. The second kappa shape index (κ2) is 8.04. The van der Waals surface area contributed by atoms with Crippen LogP contribution in [-0.2, 0) is 24.3 Å². The Labute approximate surface area is 119 Å². The maximum atomic E-state index is 12.1. The number of alkyl halides is 1. The number of unbranched alkanes of at least 4 members (excludes halogenated alkanes) is 1. The average Bonchev–Trinajstić information content (AvgIpc) is 2.39. The highest BCUT2D eigenvalue weighted by Crippen LogP contribution is 2.14. The van der Waals surface area contributed by atoms with Crippen LogP contribution in [-0.4, -0.2) is 63.2 Å². The third-order valence-electron chi connectivity index (χ3n) is 2.90. The van der Waals surface area contributed by atoms with E-state index in [1.54, 1.807) is 0 Å². The molecule has 0 aromatic rings. The first-order valence-corrected chi connectivity index (χ1v) is 8.36. The molecule has 0 saturated carbocycles. The Morgan fingerprint density at radius 3 is 2.84 bits per heavy atom. The molecule has 1 heterocycles. The lowest BCUT2D eigenvalue weighted by molar-refractivity contribution is -0.145. The van der Waals surface area contributed by atoms with Gasteiger partial charge in [-0.1, -0.05) is 0 Å². The minimum atomic E-state index is -3.29. The fourth-order valence-corrected chi connectivity index (χ4v) is 3.61. The second-order valence-corrected chi connectivity index (χ2v) is 6.81. The summed E-state index contributed by atoms with van der Waals surface area (Å²) < 4.78 is 35.5. The van der Waals surface area contributed by atoms with Gasteiger partial charge in [-0.3, -0.25) is 4.79 Å². The van der Waals surface area contributed by atoms with Crippen LogP contribution in [0.2, 0.25) is 0 Å². The number of hydrogen-bond donors (Lipinski definition) is 0. The van der Waals surface area contributed by atoms with E-state index in [9.17, 15) is 13.2 Å². The fraction of sp³-hybridized carbons (Fsp3) is 0.909. The third kappa shape index (κ3) is 5.64. The maximum Gasteiger partial charge on any atom is 0.308 e. The fourth-order valence-electron chi connectivity index (χ4n) is 1.85. The SMILES string of the molecule is COC(=O)CC1CN(S(=O)(=O)CCCCCl)CCO1. The molecule has 1 atom stereocenters. The van der Waals surface area contributed by atoms with E-state index in [2.05, 4.69) is 4.74 Å². The molecule has 112 valence electrons. The molecule has 19 heavy (non-hydrogen) atoms. The summed E-state index contributed by atoms with van der Waals surface area (Å²) in [6.45, 7) is 0.843. The van der Waals surface area contributed by atoms with Crippen LogP contribution in [0.5, 0.6) is 0 Å². The molecule has 1 saturated heterocycles. The molecular formula is C11H20ClNO5S. The van der Waals surface area contributed by atoms with Gasteiger partial charge in [0.05, 0.1) is 32.0 Å². The van der Waals surface area contributed by atoms with Crippen molar-refractivity contribution >= 4 is 27.6 Å². The number of morpholine rings is 1. The standard InChI is InChI=1S/C11H20ClNO5S/c1-17-11(14)8-10-9-13(5-6-18-10)19(15,16)7-3-2-4-12/h10H,2-9H2,1H3. The molecule has 0 amide bonds. The molecule has 0 spiro atoms. The van der Waals surface area contributed by atoms with Crippen molar-refractivity contribution in [2.75, 3.05) is 38.4 Å². The van der Waals surface area contributed by atoms with Crippen LogP contribution < -0.4 is 0 Å². The van der Waals surface area contributed by atoms with E-state index in [0.29, 0.717) is 31.9 Å². The lowest BCUT2D eigenvalue weighted by Crippen LogP contribution is -2.47. The van der Waals surface area contributed by atoms with E-state index in [1.807, 2.05) is 0 Å². The summed E-state index contributed by atoms with van der Waals surface area (Å²) in [5.74, 6) is 0.153. The first-order chi connectivity index (χ1) is 8.99. The zero-order valence-electron chi connectivity index (χ0n) is 11.0. The Kier molecular flexibility index (Phi) is 7.06. The van der Waals surface area contributed by atoms with Crippen molar-refractivity contribution in [1.29, 1.82) is 0 Å². The molecule has 0 aromatic carbocycles. The number of hydrogen-bond acceptors (Lipinski definition) is 5. The van der Waals surface area contributed by atoms with Gasteiger partial charge in [-0.25, -0.2) is 8.42 Å². The van der Waals surface area contributed by atoms with Crippen LogP contribution in [0.25, 0.3) is 0 Å². The van der Waals surface area contributed by atoms with Crippen molar-refractivity contribution in [2.45, 2.75) is 25.4 Å². The van der Waals surface area contributed by atoms with Crippen LogP contribution in [0, 0.1) is 0 Å². The van der Waals surface area contributed by atoms with Crippen LogP contribution >= 0.6 is 11.6 Å². The lowest BCUT2D eigenvalue weighted by Gasteiger charge is -2.31. The predicted molar refractivity (Wildman–Crippen MR) is 71.7 cm³/mol. The Morgan fingerprint density at radius 1 is 1.47 bits per heavy atom. The first kappa shape index (κ1) is 16.7. The van der Waals surface area contributed by atoms with Gasteiger partial charge in [0.15, 0.2) is 0 Å². The number of nitrogens with zero attached hydrogens (tertiary/aromatic N) is 1. The summed E-state index contributed by atoms with van der Waals surface area (Å²) in [7, 11) is -1.99. The van der Waals surface area contributed by atoms with Gasteiger partial charge in [0.25, 0.3) is 0 Å². The number of rotatable bonds is 7. The Balaban J connectivity index is 2.51. The highest BCUT2D eigenvalue weighted by molar-refractivity contribution is 7.89. The number of halogens is 1. The molecule has 1 unspecified atom stereocenters. The molecule has 0 aliphatic carbocycles. The summed E-state index contributed by atoms with van der Waals surface area (Å²) in [5, 5.41) is 0. The van der Waals surface area contributed by atoms with Crippen LogP contribution in [0.15, 0.2) is 0 Å². The van der Waals surface area contributed by atoms with Crippen molar-refractivity contribution in [3.63, 3.8) is 0 Å². The van der Waals surface area contributed by atoms with E-state index in [-0.39, 0.29) is 18.7 Å². The van der Waals surface area contributed by atoms with E-state index in [1.165, 1.54) is 11.4 Å². The molecule has 8 heteroatoms. The zero-order chi connectivity index (χ0) is 14.3. The monoisotopic (exact) mass is 313 g/mol. The Bertz CT molecular complexity index is 387. The van der Waals surface area contributed by atoms with E-state index in [0.717, 1.165) is 0 Å². The van der Waals surface area contributed by atoms with Gasteiger partial charge in [0, 0.05) is 19.0 Å². The predicted octanol–water partition coefficient (Wildman–Crippen LogP) is 0.599. The second-order valence-electron chi connectivity index (χ2n) is 4.34. The Morgan fingerprint density at radius 2 is 2.21 bits per heavy atom. The summed E-state index contributed by atoms with van der Waals surface area (Å²) in [6.07, 6.45) is 0.871. The zero-order valence-corrected chi connectivity index (χ0v) is 12.6. The third-order valence-corrected chi connectivity index (χ3v) is 5.09. The van der Waals surface area contributed by atoms with Gasteiger partial charge in [0.1, 0.15) is 0 Å². The molecular weight excluding hydrogens is 294 g/mol. The summed E-state index contributed by atoms with van der Waals surface area (Å²) >= 11 is 5.53.